The largest absolute Gasteiger partial charge is 0.378 e. The van der Waals surface area contributed by atoms with Crippen LogP contribution in [0.4, 0.5) is 5.69 Å². The van der Waals surface area contributed by atoms with Crippen molar-refractivity contribution in [3.05, 3.63) is 124 Å². The third-order valence-electron chi connectivity index (χ3n) is 8.24. The molecule has 1 aliphatic heterocycles. The summed E-state index contributed by atoms with van der Waals surface area (Å²) in [5.41, 5.74) is 10.4. The van der Waals surface area contributed by atoms with Crippen LogP contribution in [0.5, 0.6) is 0 Å². The predicted octanol–water partition coefficient (Wildman–Crippen LogP) is 5.51. The van der Waals surface area contributed by atoms with Gasteiger partial charge in [-0.05, 0) is 87.5 Å². The van der Waals surface area contributed by atoms with Gasteiger partial charge in [-0.2, -0.15) is 0 Å². The van der Waals surface area contributed by atoms with Crippen molar-refractivity contribution in [3.63, 3.8) is 0 Å². The number of amides is 1. The van der Waals surface area contributed by atoms with E-state index in [2.05, 4.69) is 124 Å². The van der Waals surface area contributed by atoms with E-state index >= 15 is 0 Å². The molecule has 0 saturated heterocycles. The van der Waals surface area contributed by atoms with E-state index in [4.69, 9.17) is 0 Å². The van der Waals surface area contributed by atoms with Gasteiger partial charge in [0.25, 0.3) is 5.91 Å². The minimum atomic E-state index is -2.02. The fourth-order valence-electron chi connectivity index (χ4n) is 5.77. The lowest BCUT2D eigenvalue weighted by Gasteiger charge is -2.38. The monoisotopic (exact) mass is 546 g/mol. The van der Waals surface area contributed by atoms with Crippen LogP contribution in [0.25, 0.3) is 5.57 Å². The zero-order chi connectivity index (χ0) is 28.6. The van der Waals surface area contributed by atoms with Gasteiger partial charge in [0.1, 0.15) is 22.2 Å². The van der Waals surface area contributed by atoms with E-state index in [1.807, 2.05) is 24.3 Å². The van der Waals surface area contributed by atoms with Crippen molar-refractivity contribution in [1.82, 2.24) is 5.32 Å². The van der Waals surface area contributed by atoms with Crippen LogP contribution in [0.15, 0.2) is 95.7 Å². The van der Waals surface area contributed by atoms with Crippen LogP contribution in [-0.2, 0) is 6.42 Å². The number of carbonyl (C=O) groups excluding carboxylic acids is 1. The first kappa shape index (κ1) is 27.6. The van der Waals surface area contributed by atoms with Gasteiger partial charge < -0.3 is 10.2 Å². The molecule has 5 rings (SSSR count). The molecule has 0 aromatic heterocycles. The lowest BCUT2D eigenvalue weighted by atomic mass is 9.86. The maximum absolute atomic E-state index is 13.3. The van der Waals surface area contributed by atoms with Gasteiger partial charge in [-0.1, -0.05) is 55.6 Å². The molecule has 0 radical (unpaired) electrons. The molecule has 4 nitrogen and oxygen atoms in total. The highest BCUT2D eigenvalue weighted by molar-refractivity contribution is 6.98. The molecule has 1 amide bonds. The Kier molecular flexibility index (Phi) is 7.52. The number of hydrogen-bond donors (Lipinski definition) is 1. The number of hydrogen-bond acceptors (Lipinski definition) is 2. The summed E-state index contributed by atoms with van der Waals surface area (Å²) >= 11 is 0. The zero-order valence-electron chi connectivity index (χ0n) is 24.8. The van der Waals surface area contributed by atoms with Gasteiger partial charge in [-0.3, -0.25) is 4.79 Å². The van der Waals surface area contributed by atoms with Crippen LogP contribution in [0.2, 0.25) is 13.1 Å². The normalized spacial score (nSPS) is 15.3. The maximum Gasteiger partial charge on any atom is 0.251 e. The molecule has 1 aliphatic carbocycles. The third kappa shape index (κ3) is 5.14. The van der Waals surface area contributed by atoms with E-state index in [1.165, 1.54) is 49.6 Å². The topological polar surface area (TPSA) is 35.4 Å². The molecular weight excluding hydrogens is 506 g/mol. The number of benzene rings is 3. The van der Waals surface area contributed by atoms with Gasteiger partial charge in [-0.15, -0.1) is 0 Å². The first-order valence-corrected chi connectivity index (χ1v) is 17.0. The molecular formula is C35H40N3OSi+. The fraction of sp³-hybridized carbons (Fsp3) is 0.257. The van der Waals surface area contributed by atoms with Crippen molar-refractivity contribution in [2.45, 2.75) is 26.4 Å². The Morgan fingerprint density at radius 3 is 2.38 bits per heavy atom. The van der Waals surface area contributed by atoms with Gasteiger partial charge in [0.05, 0.1) is 0 Å². The lowest BCUT2D eigenvalue weighted by molar-refractivity contribution is -0.462. The van der Waals surface area contributed by atoms with E-state index < -0.39 is 8.07 Å². The summed E-state index contributed by atoms with van der Waals surface area (Å²) in [6, 6.07) is 23.3. The number of nitrogens with zero attached hydrogens (tertiary/aromatic N) is 2. The van der Waals surface area contributed by atoms with Crippen LogP contribution in [0, 0.1) is 6.92 Å². The summed E-state index contributed by atoms with van der Waals surface area (Å²) < 4.78 is 2.18. The minimum Gasteiger partial charge on any atom is -0.378 e. The van der Waals surface area contributed by atoms with Crippen LogP contribution >= 0.6 is 0 Å². The second-order valence-electron chi connectivity index (χ2n) is 11.8. The highest BCUT2D eigenvalue weighted by Gasteiger charge is 2.40. The lowest BCUT2D eigenvalue weighted by Crippen LogP contribution is -2.49. The molecule has 204 valence electrons. The van der Waals surface area contributed by atoms with Crippen LogP contribution in [-0.4, -0.2) is 59.0 Å². The molecule has 40 heavy (non-hydrogen) atoms. The molecule has 3 aromatic carbocycles. The molecule has 0 saturated carbocycles. The number of rotatable bonds is 6. The quantitative estimate of drug-likeness (QED) is 0.327. The van der Waals surface area contributed by atoms with Gasteiger partial charge in [-0.25, -0.2) is 4.58 Å². The van der Waals surface area contributed by atoms with Gasteiger partial charge in [0, 0.05) is 44.0 Å². The van der Waals surface area contributed by atoms with Crippen molar-refractivity contribution < 1.29 is 9.37 Å². The van der Waals surface area contributed by atoms with Crippen LogP contribution in [0.1, 0.15) is 32.6 Å². The maximum atomic E-state index is 13.3. The Morgan fingerprint density at radius 2 is 1.68 bits per heavy atom. The highest BCUT2D eigenvalue weighted by Crippen LogP contribution is 2.42. The molecule has 0 unspecified atom stereocenters. The fourth-order valence-corrected chi connectivity index (χ4v) is 8.84. The number of fused-ring (bicyclic) bond motifs is 2. The number of carbonyl (C=O) groups is 1. The minimum absolute atomic E-state index is 0.0327. The first-order chi connectivity index (χ1) is 19.1. The van der Waals surface area contributed by atoms with E-state index in [0.717, 1.165) is 12.0 Å². The molecule has 0 fully saturated rings. The average Bonchev–Trinajstić information content (AvgIpc) is 2.94. The summed E-state index contributed by atoms with van der Waals surface area (Å²) in [6.45, 7) is 7.68. The van der Waals surface area contributed by atoms with Crippen molar-refractivity contribution in [2.24, 2.45) is 0 Å². The zero-order valence-corrected chi connectivity index (χ0v) is 25.8. The number of anilines is 1. The molecule has 2 aliphatic rings. The Labute approximate surface area is 240 Å². The van der Waals surface area contributed by atoms with Crippen molar-refractivity contribution >= 4 is 36.1 Å². The molecule has 3 aromatic rings. The van der Waals surface area contributed by atoms with Crippen molar-refractivity contribution in [1.29, 1.82) is 0 Å². The summed E-state index contributed by atoms with van der Waals surface area (Å²) in [4.78, 5) is 15.5. The second-order valence-corrected chi connectivity index (χ2v) is 16.1. The predicted molar refractivity (Wildman–Crippen MR) is 172 cm³/mol. The Balaban J connectivity index is 1.61. The number of allylic oxidation sites excluding steroid dienone is 5. The van der Waals surface area contributed by atoms with E-state index in [1.54, 1.807) is 0 Å². The van der Waals surface area contributed by atoms with Gasteiger partial charge in [0.15, 0.2) is 5.71 Å². The molecule has 1 N–H and O–H groups in total. The Bertz CT molecular complexity index is 1600. The van der Waals surface area contributed by atoms with Crippen molar-refractivity contribution in [2.75, 3.05) is 39.6 Å². The first-order valence-electron chi connectivity index (χ1n) is 14.0. The molecule has 0 bridgehead atoms. The van der Waals surface area contributed by atoms with Crippen LogP contribution < -0.4 is 15.4 Å². The van der Waals surface area contributed by atoms with Gasteiger partial charge in [0.2, 0.25) is 0 Å². The highest BCUT2D eigenvalue weighted by atomic mass is 28.3. The Hall–Kier alpha value is -3.96. The molecule has 0 atom stereocenters. The molecule has 0 spiro atoms. The molecule has 5 heteroatoms. The number of nitrogens with one attached hydrogen (secondary N) is 1. The average molecular weight is 547 g/mol. The molecule has 1 heterocycles. The smallest absolute Gasteiger partial charge is 0.251 e. The van der Waals surface area contributed by atoms with Crippen LogP contribution in [0.3, 0.4) is 0 Å². The van der Waals surface area contributed by atoms with Crippen molar-refractivity contribution in [3.8, 4) is 0 Å². The Morgan fingerprint density at radius 1 is 0.925 bits per heavy atom. The number of aryl methyl sites for hydroxylation is 1. The second kappa shape index (κ2) is 10.9. The standard InChI is InChI=1S/C35H39N3OSi/c1-24-13-14-26(35(39)36-20-19-25-11-9-8-10-12-25)21-31(24)34-29-17-15-27(37(2)3)22-32(29)40(6,7)33-23-28(38(4)5)16-18-30(33)34/h8-18,21-23H,19-20H2,1-7H3/p+1. The summed E-state index contributed by atoms with van der Waals surface area (Å²) in [7, 11) is 6.40. The van der Waals surface area contributed by atoms with E-state index in [9.17, 15) is 4.79 Å². The summed E-state index contributed by atoms with van der Waals surface area (Å²) in [6.07, 6.45) is 7.72. The summed E-state index contributed by atoms with van der Waals surface area (Å²) in [5, 5.41) is 6.01. The van der Waals surface area contributed by atoms with E-state index in [-0.39, 0.29) is 5.91 Å². The summed E-state index contributed by atoms with van der Waals surface area (Å²) in [5.74, 6) is -0.0327. The van der Waals surface area contributed by atoms with E-state index in [0.29, 0.717) is 12.1 Å². The van der Waals surface area contributed by atoms with Gasteiger partial charge >= 0.3 is 0 Å². The SMILES string of the molecule is Cc1ccc(C(=O)NCCc2ccccc2)cc1C1=C2C=CC(=[N+](C)C)C=C2[Si](C)(C)c2cc(N(C)C)ccc21. The third-order valence-corrected chi connectivity index (χ3v) is 11.8.